The van der Waals surface area contributed by atoms with E-state index in [0.29, 0.717) is 6.54 Å². The molecule has 1 heterocycles. The molecule has 2 nitrogen and oxygen atoms in total. The molecule has 1 aliphatic rings. The van der Waals surface area contributed by atoms with Crippen LogP contribution in [0.5, 0.6) is 0 Å². The molecule has 1 fully saturated rings. The van der Waals surface area contributed by atoms with Crippen molar-refractivity contribution in [2.24, 2.45) is 0 Å². The van der Waals surface area contributed by atoms with E-state index in [-0.39, 0.29) is 11.6 Å². The van der Waals surface area contributed by atoms with E-state index in [1.54, 1.807) is 4.90 Å². The zero-order valence-corrected chi connectivity index (χ0v) is 13.6. The number of carbonyl (C=O) groups is 1. The Balaban J connectivity index is 1.75. The van der Waals surface area contributed by atoms with Crippen LogP contribution in [0.15, 0.2) is 60.7 Å². The lowest BCUT2D eigenvalue weighted by atomic mass is 9.97. The van der Waals surface area contributed by atoms with Gasteiger partial charge in [0.2, 0.25) is 0 Å². The summed E-state index contributed by atoms with van der Waals surface area (Å²) in [6, 6.07) is 17.7. The summed E-state index contributed by atoms with van der Waals surface area (Å²) in [7, 11) is 0. The SMILES string of the molecule is O=C(c1cccc(F)c1F)N1CCCC1c1cccc2ccccc12. The molecule has 3 aromatic carbocycles. The summed E-state index contributed by atoms with van der Waals surface area (Å²) in [5, 5.41) is 2.20. The fourth-order valence-corrected chi connectivity index (χ4v) is 3.70. The maximum atomic E-state index is 14.1. The molecule has 0 saturated carbocycles. The van der Waals surface area contributed by atoms with Crippen LogP contribution in [-0.2, 0) is 0 Å². The third-order valence-corrected chi connectivity index (χ3v) is 4.88. The summed E-state index contributed by atoms with van der Waals surface area (Å²) >= 11 is 0. The molecular weight excluding hydrogens is 320 g/mol. The zero-order chi connectivity index (χ0) is 17.4. The quantitative estimate of drug-likeness (QED) is 0.637. The number of fused-ring (bicyclic) bond motifs is 1. The highest BCUT2D eigenvalue weighted by Gasteiger charge is 2.33. The van der Waals surface area contributed by atoms with Crippen LogP contribution in [0.3, 0.4) is 0 Å². The fourth-order valence-electron chi connectivity index (χ4n) is 3.70. The second kappa shape index (κ2) is 6.28. The standard InChI is InChI=1S/C21H17F2NO/c22-18-11-4-10-17(20(18)23)21(25)24-13-5-12-19(24)16-9-3-7-14-6-1-2-8-15(14)16/h1-4,6-11,19H,5,12-13H2. The molecule has 1 amide bonds. The van der Waals surface area contributed by atoms with Crippen LogP contribution >= 0.6 is 0 Å². The largest absolute Gasteiger partial charge is 0.331 e. The Kier molecular flexibility index (Phi) is 3.96. The van der Waals surface area contributed by atoms with Gasteiger partial charge in [-0.25, -0.2) is 8.78 Å². The monoisotopic (exact) mass is 337 g/mol. The van der Waals surface area contributed by atoms with Crippen molar-refractivity contribution in [1.82, 2.24) is 4.90 Å². The Labute approximate surface area is 144 Å². The maximum absolute atomic E-state index is 14.1. The van der Waals surface area contributed by atoms with Gasteiger partial charge in [0, 0.05) is 6.54 Å². The Hall–Kier alpha value is -2.75. The molecule has 0 radical (unpaired) electrons. The fraction of sp³-hybridized carbons (Fsp3) is 0.190. The van der Waals surface area contributed by atoms with Crippen molar-refractivity contribution in [3.05, 3.63) is 83.4 Å². The molecule has 126 valence electrons. The highest BCUT2D eigenvalue weighted by atomic mass is 19.2. The molecule has 1 saturated heterocycles. The summed E-state index contributed by atoms with van der Waals surface area (Å²) < 4.78 is 27.6. The Morgan fingerprint density at radius 2 is 1.72 bits per heavy atom. The molecule has 4 rings (SSSR count). The zero-order valence-electron chi connectivity index (χ0n) is 13.6. The number of amides is 1. The Morgan fingerprint density at radius 3 is 2.60 bits per heavy atom. The second-order valence-electron chi connectivity index (χ2n) is 6.33. The smallest absolute Gasteiger partial charge is 0.257 e. The summed E-state index contributed by atoms with van der Waals surface area (Å²) in [4.78, 5) is 14.5. The topological polar surface area (TPSA) is 20.3 Å². The minimum Gasteiger partial charge on any atom is -0.331 e. The minimum atomic E-state index is -1.07. The van der Waals surface area contributed by atoms with Crippen molar-refractivity contribution in [1.29, 1.82) is 0 Å². The van der Waals surface area contributed by atoms with Crippen LogP contribution < -0.4 is 0 Å². The molecule has 1 atom stereocenters. The van der Waals surface area contributed by atoms with E-state index >= 15 is 0 Å². The Morgan fingerprint density at radius 1 is 0.960 bits per heavy atom. The van der Waals surface area contributed by atoms with Gasteiger partial charge in [-0.1, -0.05) is 48.5 Å². The van der Waals surface area contributed by atoms with Gasteiger partial charge in [-0.05, 0) is 41.3 Å². The molecule has 0 spiro atoms. The first-order chi connectivity index (χ1) is 12.2. The number of hydrogen-bond acceptors (Lipinski definition) is 1. The Bertz CT molecular complexity index is 948. The van der Waals surface area contributed by atoms with Crippen LogP contribution in [0, 0.1) is 11.6 Å². The van der Waals surface area contributed by atoms with Gasteiger partial charge in [-0.3, -0.25) is 4.79 Å². The van der Waals surface area contributed by atoms with E-state index in [4.69, 9.17) is 0 Å². The third-order valence-electron chi connectivity index (χ3n) is 4.88. The average molecular weight is 337 g/mol. The molecule has 0 aliphatic carbocycles. The first-order valence-electron chi connectivity index (χ1n) is 8.39. The van der Waals surface area contributed by atoms with E-state index in [2.05, 4.69) is 0 Å². The highest BCUT2D eigenvalue weighted by Crippen LogP contribution is 2.37. The van der Waals surface area contributed by atoms with Crippen molar-refractivity contribution in [3.63, 3.8) is 0 Å². The van der Waals surface area contributed by atoms with Crippen molar-refractivity contribution >= 4 is 16.7 Å². The van der Waals surface area contributed by atoms with Gasteiger partial charge in [0.1, 0.15) is 0 Å². The van der Waals surface area contributed by atoms with Crippen LogP contribution in [0.4, 0.5) is 8.78 Å². The highest BCUT2D eigenvalue weighted by molar-refractivity contribution is 5.95. The van der Waals surface area contributed by atoms with Gasteiger partial charge >= 0.3 is 0 Å². The lowest BCUT2D eigenvalue weighted by Crippen LogP contribution is -2.31. The number of carbonyl (C=O) groups excluding carboxylic acids is 1. The predicted octanol–water partition coefficient (Wildman–Crippen LogP) is 5.10. The summed E-state index contributed by atoms with van der Waals surface area (Å²) in [5.41, 5.74) is 0.855. The molecule has 0 N–H and O–H groups in total. The molecule has 4 heteroatoms. The van der Waals surface area contributed by atoms with Crippen LogP contribution in [0.1, 0.15) is 34.8 Å². The average Bonchev–Trinajstić information content (AvgIpc) is 3.12. The number of hydrogen-bond donors (Lipinski definition) is 0. The first kappa shape index (κ1) is 15.8. The van der Waals surface area contributed by atoms with Crippen molar-refractivity contribution in [2.75, 3.05) is 6.54 Å². The van der Waals surface area contributed by atoms with E-state index < -0.39 is 17.5 Å². The van der Waals surface area contributed by atoms with E-state index in [1.807, 2.05) is 42.5 Å². The number of halogens is 2. The van der Waals surface area contributed by atoms with E-state index in [1.165, 1.54) is 12.1 Å². The minimum absolute atomic E-state index is 0.124. The number of likely N-dealkylation sites (tertiary alicyclic amines) is 1. The van der Waals surface area contributed by atoms with Crippen molar-refractivity contribution < 1.29 is 13.6 Å². The molecule has 3 aromatic rings. The van der Waals surface area contributed by atoms with Gasteiger partial charge in [0.25, 0.3) is 5.91 Å². The lowest BCUT2D eigenvalue weighted by molar-refractivity contribution is 0.0730. The summed E-state index contributed by atoms with van der Waals surface area (Å²) in [6.45, 7) is 0.544. The second-order valence-corrected chi connectivity index (χ2v) is 6.33. The predicted molar refractivity (Wildman–Crippen MR) is 93.3 cm³/mol. The molecule has 1 unspecified atom stereocenters. The number of nitrogens with zero attached hydrogens (tertiary/aromatic N) is 1. The first-order valence-corrected chi connectivity index (χ1v) is 8.39. The number of benzene rings is 3. The molecule has 25 heavy (non-hydrogen) atoms. The summed E-state index contributed by atoms with van der Waals surface area (Å²) in [5.74, 6) is -2.52. The third kappa shape index (κ3) is 2.68. The van der Waals surface area contributed by atoms with Gasteiger partial charge < -0.3 is 4.90 Å². The van der Waals surface area contributed by atoms with Crippen LogP contribution in [0.2, 0.25) is 0 Å². The van der Waals surface area contributed by atoms with E-state index in [0.717, 1.165) is 35.2 Å². The maximum Gasteiger partial charge on any atom is 0.257 e. The number of rotatable bonds is 2. The molecular formula is C21H17F2NO. The normalized spacial score (nSPS) is 17.2. The van der Waals surface area contributed by atoms with E-state index in [9.17, 15) is 13.6 Å². The van der Waals surface area contributed by atoms with Crippen molar-refractivity contribution in [2.45, 2.75) is 18.9 Å². The van der Waals surface area contributed by atoms with Gasteiger partial charge in [-0.15, -0.1) is 0 Å². The van der Waals surface area contributed by atoms with Gasteiger partial charge in [-0.2, -0.15) is 0 Å². The van der Waals surface area contributed by atoms with Crippen LogP contribution in [-0.4, -0.2) is 17.4 Å². The van der Waals surface area contributed by atoms with Gasteiger partial charge in [0.05, 0.1) is 11.6 Å². The van der Waals surface area contributed by atoms with Gasteiger partial charge in [0.15, 0.2) is 11.6 Å². The summed E-state index contributed by atoms with van der Waals surface area (Å²) in [6.07, 6.45) is 1.66. The lowest BCUT2D eigenvalue weighted by Gasteiger charge is -2.26. The van der Waals surface area contributed by atoms with Crippen LogP contribution in [0.25, 0.3) is 10.8 Å². The molecule has 0 aromatic heterocycles. The molecule has 0 bridgehead atoms. The van der Waals surface area contributed by atoms with Crippen molar-refractivity contribution in [3.8, 4) is 0 Å². The molecule has 1 aliphatic heterocycles.